The summed E-state index contributed by atoms with van der Waals surface area (Å²) in [4.78, 5) is 26.8. The molecular formula is C15H13N3O3. The molecule has 0 saturated carbocycles. The number of carbonyl (C=O) groups is 1. The van der Waals surface area contributed by atoms with E-state index in [-0.39, 0.29) is 17.2 Å². The Hall–Kier alpha value is -3.02. The van der Waals surface area contributed by atoms with Crippen LogP contribution >= 0.6 is 0 Å². The Morgan fingerprint density at radius 1 is 1.24 bits per heavy atom. The van der Waals surface area contributed by atoms with Gasteiger partial charge < -0.3 is 15.4 Å². The molecule has 0 radical (unpaired) electrons. The van der Waals surface area contributed by atoms with Gasteiger partial charge in [0.05, 0.1) is 5.69 Å². The minimum Gasteiger partial charge on any atom is -0.508 e. The predicted octanol–water partition coefficient (Wildman–Crippen LogP) is 1.38. The number of nitrogens with zero attached hydrogens (tertiary/aromatic N) is 1. The van der Waals surface area contributed by atoms with Gasteiger partial charge >= 0.3 is 0 Å². The second-order valence-electron chi connectivity index (χ2n) is 4.59. The zero-order chi connectivity index (χ0) is 15.0. The van der Waals surface area contributed by atoms with Crippen molar-refractivity contribution in [2.45, 2.75) is 0 Å². The third-order valence-electron chi connectivity index (χ3n) is 3.24. The van der Waals surface area contributed by atoms with Crippen molar-refractivity contribution in [2.24, 2.45) is 0 Å². The van der Waals surface area contributed by atoms with Crippen molar-refractivity contribution in [3.63, 3.8) is 0 Å². The molecule has 1 aromatic carbocycles. The lowest BCUT2D eigenvalue weighted by Gasteiger charge is -2.07. The number of phenols is 1. The number of aromatic nitrogens is 2. The van der Waals surface area contributed by atoms with Gasteiger partial charge in [-0.1, -0.05) is 6.07 Å². The Kier molecular flexibility index (Phi) is 2.98. The molecule has 21 heavy (non-hydrogen) atoms. The van der Waals surface area contributed by atoms with E-state index in [1.54, 1.807) is 24.3 Å². The van der Waals surface area contributed by atoms with Crippen LogP contribution in [0.2, 0.25) is 0 Å². The molecule has 0 aliphatic heterocycles. The molecule has 2 heterocycles. The number of H-pyrrole nitrogens is 1. The normalized spacial score (nSPS) is 10.7. The van der Waals surface area contributed by atoms with Crippen LogP contribution in [0.4, 0.5) is 0 Å². The molecule has 0 unspecified atom stereocenters. The maximum absolute atomic E-state index is 12.2. The van der Waals surface area contributed by atoms with E-state index in [4.69, 9.17) is 0 Å². The summed E-state index contributed by atoms with van der Waals surface area (Å²) in [6.45, 7) is 0. The van der Waals surface area contributed by atoms with Crippen LogP contribution in [0.3, 0.4) is 0 Å². The standard InChI is InChI=1S/C15H13N3O3/c1-16-15(21)12-7-9-5-6-13(20)18(14(9)17-12)10-3-2-4-11(19)8-10/h2-8,17,19H,1H3,(H,16,21). The van der Waals surface area contributed by atoms with Crippen molar-refractivity contribution in [1.82, 2.24) is 14.9 Å². The highest BCUT2D eigenvalue weighted by Crippen LogP contribution is 2.19. The van der Waals surface area contributed by atoms with E-state index in [0.29, 0.717) is 17.0 Å². The quantitative estimate of drug-likeness (QED) is 0.664. The Balaban J connectivity index is 2.31. The van der Waals surface area contributed by atoms with Gasteiger partial charge in [-0.05, 0) is 24.3 Å². The second-order valence-corrected chi connectivity index (χ2v) is 4.59. The zero-order valence-corrected chi connectivity index (χ0v) is 11.3. The first-order valence-electron chi connectivity index (χ1n) is 6.36. The Morgan fingerprint density at radius 3 is 2.76 bits per heavy atom. The lowest BCUT2D eigenvalue weighted by Crippen LogP contribution is -2.19. The first kappa shape index (κ1) is 13.0. The van der Waals surface area contributed by atoms with Gasteiger partial charge in [-0.3, -0.25) is 14.2 Å². The number of hydrogen-bond acceptors (Lipinski definition) is 3. The highest BCUT2D eigenvalue weighted by molar-refractivity contribution is 5.97. The summed E-state index contributed by atoms with van der Waals surface area (Å²) in [7, 11) is 1.54. The van der Waals surface area contributed by atoms with Crippen LogP contribution in [0.5, 0.6) is 5.75 Å². The fourth-order valence-electron chi connectivity index (χ4n) is 2.26. The van der Waals surface area contributed by atoms with Crippen LogP contribution in [0.15, 0.2) is 47.3 Å². The number of carbonyl (C=O) groups excluding carboxylic acids is 1. The number of benzene rings is 1. The van der Waals surface area contributed by atoms with E-state index in [1.807, 2.05) is 0 Å². The smallest absolute Gasteiger partial charge is 0.267 e. The first-order chi connectivity index (χ1) is 10.1. The maximum Gasteiger partial charge on any atom is 0.267 e. The molecule has 0 spiro atoms. The van der Waals surface area contributed by atoms with E-state index in [1.165, 1.54) is 29.8 Å². The largest absolute Gasteiger partial charge is 0.508 e. The summed E-state index contributed by atoms with van der Waals surface area (Å²) in [5, 5.41) is 12.8. The van der Waals surface area contributed by atoms with Gasteiger partial charge in [-0.15, -0.1) is 0 Å². The Morgan fingerprint density at radius 2 is 2.05 bits per heavy atom. The third-order valence-corrected chi connectivity index (χ3v) is 3.24. The molecule has 3 aromatic rings. The molecule has 6 nitrogen and oxygen atoms in total. The fraction of sp³-hybridized carbons (Fsp3) is 0.0667. The minimum atomic E-state index is -0.263. The number of fused-ring (bicyclic) bond motifs is 1. The first-order valence-corrected chi connectivity index (χ1v) is 6.36. The molecule has 2 aromatic heterocycles. The number of aromatic hydroxyl groups is 1. The van der Waals surface area contributed by atoms with E-state index in [9.17, 15) is 14.7 Å². The SMILES string of the molecule is CNC(=O)c1cc2ccc(=O)n(-c3cccc(O)c3)c2[nH]1. The molecular weight excluding hydrogens is 270 g/mol. The lowest BCUT2D eigenvalue weighted by molar-refractivity contribution is 0.0959. The number of hydrogen-bond donors (Lipinski definition) is 3. The minimum absolute atomic E-state index is 0.0643. The summed E-state index contributed by atoms with van der Waals surface area (Å²) in [5.41, 5.74) is 1.15. The molecule has 0 bridgehead atoms. The number of amides is 1. The highest BCUT2D eigenvalue weighted by atomic mass is 16.3. The number of phenolic OH excluding ortho intramolecular Hbond substituents is 1. The van der Waals surface area contributed by atoms with Crippen LogP contribution in [0.1, 0.15) is 10.5 Å². The molecule has 3 rings (SSSR count). The number of rotatable bonds is 2. The van der Waals surface area contributed by atoms with E-state index < -0.39 is 0 Å². The van der Waals surface area contributed by atoms with Crippen molar-refractivity contribution in [3.8, 4) is 11.4 Å². The average molecular weight is 283 g/mol. The molecule has 0 atom stereocenters. The van der Waals surface area contributed by atoms with Crippen molar-refractivity contribution in [2.75, 3.05) is 7.05 Å². The van der Waals surface area contributed by atoms with Crippen molar-refractivity contribution >= 4 is 16.9 Å². The summed E-state index contributed by atoms with van der Waals surface area (Å²) in [6.07, 6.45) is 0. The van der Waals surface area contributed by atoms with E-state index >= 15 is 0 Å². The monoisotopic (exact) mass is 283 g/mol. The lowest BCUT2D eigenvalue weighted by atomic mass is 10.2. The molecule has 6 heteroatoms. The molecule has 106 valence electrons. The van der Waals surface area contributed by atoms with E-state index in [0.717, 1.165) is 5.39 Å². The summed E-state index contributed by atoms with van der Waals surface area (Å²) >= 11 is 0. The maximum atomic E-state index is 12.2. The number of nitrogens with one attached hydrogen (secondary N) is 2. The van der Waals surface area contributed by atoms with Crippen LogP contribution < -0.4 is 10.9 Å². The van der Waals surface area contributed by atoms with Crippen molar-refractivity contribution in [1.29, 1.82) is 0 Å². The summed E-state index contributed by atoms with van der Waals surface area (Å²) in [5.74, 6) is -0.199. The second kappa shape index (κ2) is 4.82. The number of aromatic amines is 1. The van der Waals surface area contributed by atoms with Crippen LogP contribution in [-0.4, -0.2) is 27.6 Å². The molecule has 0 aliphatic rings. The Labute approximate surface area is 119 Å². The molecule has 0 aliphatic carbocycles. The van der Waals surface area contributed by atoms with Gasteiger partial charge in [0.1, 0.15) is 17.1 Å². The van der Waals surface area contributed by atoms with Crippen molar-refractivity contribution < 1.29 is 9.90 Å². The van der Waals surface area contributed by atoms with Crippen LogP contribution in [-0.2, 0) is 0 Å². The number of pyridine rings is 1. The average Bonchev–Trinajstić information content (AvgIpc) is 2.90. The molecule has 1 amide bonds. The third kappa shape index (κ3) is 2.16. The zero-order valence-electron chi connectivity index (χ0n) is 11.3. The molecule has 0 saturated heterocycles. The molecule has 3 N–H and O–H groups in total. The summed E-state index contributed by atoms with van der Waals surface area (Å²) < 4.78 is 1.42. The van der Waals surface area contributed by atoms with Gasteiger partial charge in [0.25, 0.3) is 11.5 Å². The predicted molar refractivity (Wildman–Crippen MR) is 79.0 cm³/mol. The highest BCUT2D eigenvalue weighted by Gasteiger charge is 2.12. The van der Waals surface area contributed by atoms with E-state index in [2.05, 4.69) is 10.3 Å². The summed E-state index contributed by atoms with van der Waals surface area (Å²) in [6, 6.07) is 11.1. The topological polar surface area (TPSA) is 87.1 Å². The Bertz CT molecular complexity index is 893. The van der Waals surface area contributed by atoms with Gasteiger partial charge in [0.15, 0.2) is 0 Å². The van der Waals surface area contributed by atoms with Gasteiger partial charge in [-0.25, -0.2) is 0 Å². The van der Waals surface area contributed by atoms with Gasteiger partial charge in [0, 0.05) is 24.6 Å². The van der Waals surface area contributed by atoms with Crippen LogP contribution in [0.25, 0.3) is 16.7 Å². The van der Waals surface area contributed by atoms with Crippen molar-refractivity contribution in [3.05, 3.63) is 58.5 Å². The van der Waals surface area contributed by atoms with Gasteiger partial charge in [0.2, 0.25) is 0 Å². The van der Waals surface area contributed by atoms with Crippen LogP contribution in [0, 0.1) is 0 Å². The van der Waals surface area contributed by atoms with Gasteiger partial charge in [-0.2, -0.15) is 0 Å². The molecule has 0 fully saturated rings. The fourth-order valence-corrected chi connectivity index (χ4v) is 2.26.